The molecule has 10 heteroatoms. The predicted molar refractivity (Wildman–Crippen MR) is 117 cm³/mol. The molecule has 0 bridgehead atoms. The van der Waals surface area contributed by atoms with Crippen molar-refractivity contribution in [3.8, 4) is 0 Å². The van der Waals surface area contributed by atoms with Crippen molar-refractivity contribution in [1.29, 1.82) is 0 Å². The first-order valence-corrected chi connectivity index (χ1v) is 11.5. The van der Waals surface area contributed by atoms with Gasteiger partial charge in [0.05, 0.1) is 22.0 Å². The number of sulfonamides is 1. The average molecular weight is 436 g/mol. The van der Waals surface area contributed by atoms with Crippen molar-refractivity contribution in [3.63, 3.8) is 0 Å². The van der Waals surface area contributed by atoms with Gasteiger partial charge in [-0.3, -0.25) is 4.72 Å². The van der Waals surface area contributed by atoms with Crippen molar-refractivity contribution in [1.82, 2.24) is 24.7 Å². The zero-order valence-corrected chi connectivity index (χ0v) is 17.5. The van der Waals surface area contributed by atoms with Crippen LogP contribution in [0.2, 0.25) is 0 Å². The molecule has 0 spiro atoms. The lowest BCUT2D eigenvalue weighted by Gasteiger charge is -2.33. The topological polar surface area (TPSA) is 106 Å². The number of aromatic nitrogens is 5. The molecule has 31 heavy (non-hydrogen) atoms. The van der Waals surface area contributed by atoms with Gasteiger partial charge in [-0.1, -0.05) is 30.3 Å². The Kier molecular flexibility index (Phi) is 4.99. The fourth-order valence-electron chi connectivity index (χ4n) is 3.81. The molecule has 0 amide bonds. The van der Waals surface area contributed by atoms with Crippen LogP contribution in [0.4, 0.5) is 11.6 Å². The Hall–Kier alpha value is -3.53. The maximum atomic E-state index is 13.0. The summed E-state index contributed by atoms with van der Waals surface area (Å²) in [5.74, 6) is 0.775. The number of nitrogens with one attached hydrogen (secondary N) is 1. The lowest BCUT2D eigenvalue weighted by Crippen LogP contribution is -2.36. The standard InChI is InChI=1S/C21H21N7O2S/c29-31(30,17-6-2-1-3-7-17)26-20-21(25-19-9-5-4-8-18(19)24-20)27-12-10-16(11-13-27)28-15-22-14-23-28/h1-9,14-16H,10-13H2,(H,24,26). The number of rotatable bonds is 5. The minimum atomic E-state index is -3.79. The fraction of sp³-hybridized carbons (Fsp3) is 0.238. The molecular formula is C21H21N7O2S. The van der Waals surface area contributed by atoms with Gasteiger partial charge in [0.2, 0.25) is 0 Å². The Morgan fingerprint density at radius 2 is 1.58 bits per heavy atom. The number of piperidine rings is 1. The van der Waals surface area contributed by atoms with E-state index in [9.17, 15) is 8.42 Å². The first kappa shape index (κ1) is 19.4. The van der Waals surface area contributed by atoms with Crippen LogP contribution in [0.15, 0.2) is 72.1 Å². The number of hydrogen-bond acceptors (Lipinski definition) is 7. The number of hydrogen-bond donors (Lipinski definition) is 1. The first-order valence-electron chi connectivity index (χ1n) is 10.0. The van der Waals surface area contributed by atoms with Crippen molar-refractivity contribution in [2.45, 2.75) is 23.8 Å². The summed E-state index contributed by atoms with van der Waals surface area (Å²) < 4.78 is 30.5. The Morgan fingerprint density at radius 3 is 2.26 bits per heavy atom. The molecule has 1 fully saturated rings. The second kappa shape index (κ2) is 7.95. The maximum Gasteiger partial charge on any atom is 0.263 e. The normalized spacial score (nSPS) is 15.3. The number of fused-ring (bicyclic) bond motifs is 1. The highest BCUT2D eigenvalue weighted by atomic mass is 32.2. The Morgan fingerprint density at radius 1 is 0.903 bits per heavy atom. The molecule has 0 saturated carbocycles. The van der Waals surface area contributed by atoms with E-state index in [2.05, 4.69) is 24.7 Å². The van der Waals surface area contributed by atoms with Gasteiger partial charge in [0.1, 0.15) is 12.7 Å². The predicted octanol–water partition coefficient (Wildman–Crippen LogP) is 2.86. The molecule has 158 valence electrons. The van der Waals surface area contributed by atoms with Gasteiger partial charge in [-0.2, -0.15) is 5.10 Å². The molecule has 5 rings (SSSR count). The Labute approximate surface area is 179 Å². The van der Waals surface area contributed by atoms with Crippen molar-refractivity contribution in [2.75, 3.05) is 22.7 Å². The van der Waals surface area contributed by atoms with E-state index in [1.54, 1.807) is 36.7 Å². The molecule has 1 aliphatic rings. The van der Waals surface area contributed by atoms with Crippen molar-refractivity contribution in [3.05, 3.63) is 67.3 Å². The largest absolute Gasteiger partial charge is 0.353 e. The SMILES string of the molecule is O=S(=O)(Nc1nc2ccccc2nc1N1CCC(n2cncn2)CC1)c1ccccc1. The van der Waals surface area contributed by atoms with Gasteiger partial charge in [0, 0.05) is 13.1 Å². The van der Waals surface area contributed by atoms with Crippen LogP contribution in [0.5, 0.6) is 0 Å². The van der Waals surface area contributed by atoms with E-state index in [1.165, 1.54) is 6.33 Å². The van der Waals surface area contributed by atoms with Crippen LogP contribution in [0, 0.1) is 0 Å². The van der Waals surface area contributed by atoms with Gasteiger partial charge >= 0.3 is 0 Å². The van der Waals surface area contributed by atoms with E-state index in [0.717, 1.165) is 18.4 Å². The summed E-state index contributed by atoms with van der Waals surface area (Å²) in [5, 5.41) is 4.25. The van der Waals surface area contributed by atoms with Crippen LogP contribution in [0.1, 0.15) is 18.9 Å². The third kappa shape index (κ3) is 3.93. The summed E-state index contributed by atoms with van der Waals surface area (Å²) in [6.07, 6.45) is 4.97. The summed E-state index contributed by atoms with van der Waals surface area (Å²) in [7, 11) is -3.79. The molecule has 0 radical (unpaired) electrons. The van der Waals surface area contributed by atoms with Crippen molar-refractivity contribution < 1.29 is 8.42 Å². The van der Waals surface area contributed by atoms with Gasteiger partial charge in [-0.15, -0.1) is 0 Å². The van der Waals surface area contributed by atoms with Crippen molar-refractivity contribution >= 4 is 32.7 Å². The Balaban J connectivity index is 1.48. The first-order chi connectivity index (χ1) is 15.1. The molecule has 1 saturated heterocycles. The average Bonchev–Trinajstić information content (AvgIpc) is 3.34. The lowest BCUT2D eigenvalue weighted by molar-refractivity contribution is 0.365. The highest BCUT2D eigenvalue weighted by Gasteiger charge is 2.26. The number of benzene rings is 2. The summed E-state index contributed by atoms with van der Waals surface area (Å²) in [4.78, 5) is 15.7. The molecule has 9 nitrogen and oxygen atoms in total. The summed E-state index contributed by atoms with van der Waals surface area (Å²) in [6, 6.07) is 16.0. The van der Waals surface area contributed by atoms with Gasteiger partial charge in [-0.05, 0) is 37.1 Å². The van der Waals surface area contributed by atoms with Crippen LogP contribution >= 0.6 is 0 Å². The van der Waals surface area contributed by atoms with Gasteiger partial charge < -0.3 is 4.90 Å². The van der Waals surface area contributed by atoms with Crippen molar-refractivity contribution in [2.24, 2.45) is 0 Å². The maximum absolute atomic E-state index is 13.0. The molecule has 4 aromatic rings. The van der Waals surface area contributed by atoms with E-state index in [0.29, 0.717) is 24.4 Å². The molecule has 0 atom stereocenters. The lowest BCUT2D eigenvalue weighted by atomic mass is 10.1. The van der Waals surface area contributed by atoms with Crippen LogP contribution in [0.3, 0.4) is 0 Å². The van der Waals surface area contributed by atoms with Gasteiger partial charge in [0.15, 0.2) is 11.6 Å². The molecule has 2 aromatic carbocycles. The number of anilines is 2. The van der Waals surface area contributed by atoms with Crippen LogP contribution < -0.4 is 9.62 Å². The van der Waals surface area contributed by atoms with E-state index < -0.39 is 10.0 Å². The monoisotopic (exact) mass is 435 g/mol. The molecule has 1 aliphatic heterocycles. The van der Waals surface area contributed by atoms with Crippen LogP contribution in [-0.4, -0.2) is 46.2 Å². The minimum absolute atomic E-state index is 0.181. The highest BCUT2D eigenvalue weighted by molar-refractivity contribution is 7.92. The minimum Gasteiger partial charge on any atom is -0.353 e. The third-order valence-electron chi connectivity index (χ3n) is 5.41. The zero-order chi connectivity index (χ0) is 21.3. The van der Waals surface area contributed by atoms with E-state index in [-0.39, 0.29) is 16.8 Å². The summed E-state index contributed by atoms with van der Waals surface area (Å²) in [5.41, 5.74) is 1.35. The Bertz CT molecular complexity index is 1290. The summed E-state index contributed by atoms with van der Waals surface area (Å²) in [6.45, 7) is 1.41. The molecule has 3 heterocycles. The molecule has 0 aliphatic carbocycles. The second-order valence-electron chi connectivity index (χ2n) is 7.40. The van der Waals surface area contributed by atoms with E-state index in [4.69, 9.17) is 4.98 Å². The highest BCUT2D eigenvalue weighted by Crippen LogP contribution is 2.31. The van der Waals surface area contributed by atoms with Gasteiger partial charge in [0.25, 0.3) is 10.0 Å². The molecule has 1 N–H and O–H groups in total. The third-order valence-corrected chi connectivity index (χ3v) is 6.77. The number of nitrogens with zero attached hydrogens (tertiary/aromatic N) is 6. The molecular weight excluding hydrogens is 414 g/mol. The number of para-hydroxylation sites is 2. The smallest absolute Gasteiger partial charge is 0.263 e. The van der Waals surface area contributed by atoms with Crippen LogP contribution in [0.25, 0.3) is 11.0 Å². The van der Waals surface area contributed by atoms with E-state index >= 15 is 0 Å². The van der Waals surface area contributed by atoms with Crippen LogP contribution in [-0.2, 0) is 10.0 Å². The molecule has 0 unspecified atom stereocenters. The quantitative estimate of drug-likeness (QED) is 0.514. The fourth-order valence-corrected chi connectivity index (χ4v) is 4.84. The second-order valence-corrected chi connectivity index (χ2v) is 9.08. The molecule has 2 aromatic heterocycles. The van der Waals surface area contributed by atoms with Gasteiger partial charge in [-0.25, -0.2) is 28.1 Å². The summed E-state index contributed by atoms with van der Waals surface area (Å²) >= 11 is 0. The van der Waals surface area contributed by atoms with E-state index in [1.807, 2.05) is 28.9 Å². The zero-order valence-electron chi connectivity index (χ0n) is 16.7.